The molecule has 0 aliphatic carbocycles. The summed E-state index contributed by atoms with van der Waals surface area (Å²) in [6, 6.07) is 13.4. The average molecular weight is 571 g/mol. The molecule has 0 unspecified atom stereocenters. The first kappa shape index (κ1) is 26.1. The van der Waals surface area contributed by atoms with Gasteiger partial charge in [-0.05, 0) is 37.1 Å². The molecular formula is C29H31FN10O2. The second-order valence-corrected chi connectivity index (χ2v) is 10.8. The number of fused-ring (bicyclic) bond motifs is 2. The van der Waals surface area contributed by atoms with E-state index in [1.807, 2.05) is 53.6 Å². The van der Waals surface area contributed by atoms with Gasteiger partial charge in [0.25, 0.3) is 0 Å². The number of pyridine rings is 1. The summed E-state index contributed by atoms with van der Waals surface area (Å²) in [6.45, 7) is 4.00. The molecule has 0 radical (unpaired) electrons. The van der Waals surface area contributed by atoms with Crippen LogP contribution < -0.4 is 10.2 Å². The summed E-state index contributed by atoms with van der Waals surface area (Å²) >= 11 is 0. The van der Waals surface area contributed by atoms with Crippen molar-refractivity contribution in [2.24, 2.45) is 0 Å². The van der Waals surface area contributed by atoms with Crippen molar-refractivity contribution < 1.29 is 14.3 Å². The molecule has 2 aliphatic heterocycles. The number of hydrogen-bond donors (Lipinski definition) is 3. The Morgan fingerprint density at radius 1 is 1.05 bits per heavy atom. The highest BCUT2D eigenvalue weighted by Crippen LogP contribution is 2.31. The van der Waals surface area contributed by atoms with Gasteiger partial charge < -0.3 is 25.2 Å². The van der Waals surface area contributed by atoms with Gasteiger partial charge in [-0.1, -0.05) is 18.2 Å². The van der Waals surface area contributed by atoms with Crippen molar-refractivity contribution in [1.82, 2.24) is 39.3 Å². The average Bonchev–Trinajstić information content (AvgIpc) is 3.63. The molecule has 2 aliphatic rings. The lowest BCUT2D eigenvalue weighted by Crippen LogP contribution is -2.47. The number of rotatable bonds is 6. The zero-order valence-corrected chi connectivity index (χ0v) is 22.9. The van der Waals surface area contributed by atoms with Crippen molar-refractivity contribution in [2.45, 2.75) is 25.4 Å². The Labute approximate surface area is 240 Å². The van der Waals surface area contributed by atoms with Crippen LogP contribution in [0, 0.1) is 5.82 Å². The van der Waals surface area contributed by atoms with Gasteiger partial charge in [0.05, 0.1) is 34.9 Å². The summed E-state index contributed by atoms with van der Waals surface area (Å²) in [5.41, 5.74) is 3.46. The number of H-pyrrole nitrogens is 1. The highest BCUT2D eigenvalue weighted by Gasteiger charge is 2.29. The summed E-state index contributed by atoms with van der Waals surface area (Å²) in [7, 11) is 0. The summed E-state index contributed by atoms with van der Waals surface area (Å²) in [6.07, 6.45) is 3.96. The minimum atomic E-state index is -0.974. The van der Waals surface area contributed by atoms with Gasteiger partial charge >= 0.3 is 6.09 Å². The maximum absolute atomic E-state index is 16.2. The Morgan fingerprint density at radius 2 is 1.88 bits per heavy atom. The van der Waals surface area contributed by atoms with Gasteiger partial charge in [-0.3, -0.25) is 4.90 Å². The first-order valence-corrected chi connectivity index (χ1v) is 14.2. The van der Waals surface area contributed by atoms with Gasteiger partial charge in [-0.25, -0.2) is 24.3 Å². The predicted molar refractivity (Wildman–Crippen MR) is 156 cm³/mol. The van der Waals surface area contributed by atoms with E-state index in [1.165, 1.54) is 4.90 Å². The standard InChI is InChI=1S/C29H31FN10O2/c30-25-27(32-19-6-5-10-39(17-19)29(41)42)35-26(20-16-31-40-11-4-3-9-23(20)40)36-28(25)38-14-12-37(13-15-38)18-24-33-21-7-1-2-8-22(21)34-24/h1-4,7-9,11,16,19H,5-6,10,12-15,17-18H2,(H,33,34)(H,41,42)(H,32,35,36)/t19-/m1/s1. The molecule has 13 heteroatoms. The maximum Gasteiger partial charge on any atom is 0.407 e. The topological polar surface area (TPSA) is 131 Å². The molecule has 0 saturated carbocycles. The largest absolute Gasteiger partial charge is 0.465 e. The van der Waals surface area contributed by atoms with Gasteiger partial charge in [-0.15, -0.1) is 0 Å². The number of amides is 1. The molecule has 12 nitrogen and oxygen atoms in total. The molecule has 7 rings (SSSR count). The van der Waals surface area contributed by atoms with Gasteiger partial charge in [-0.2, -0.15) is 9.49 Å². The van der Waals surface area contributed by atoms with E-state index in [9.17, 15) is 9.90 Å². The number of aromatic nitrogens is 6. The van der Waals surface area contributed by atoms with Gasteiger partial charge in [0.2, 0.25) is 5.82 Å². The highest BCUT2D eigenvalue weighted by atomic mass is 19.1. The number of nitrogens with zero attached hydrogens (tertiary/aromatic N) is 8. The van der Waals surface area contributed by atoms with Crippen LogP contribution in [0.2, 0.25) is 0 Å². The third-order valence-corrected chi connectivity index (χ3v) is 8.02. The smallest absolute Gasteiger partial charge is 0.407 e. The zero-order chi connectivity index (χ0) is 28.6. The Kier molecular flexibility index (Phi) is 6.78. The third kappa shape index (κ3) is 5.07. The fourth-order valence-corrected chi connectivity index (χ4v) is 5.84. The van der Waals surface area contributed by atoms with Gasteiger partial charge in [0.15, 0.2) is 17.5 Å². The molecule has 1 aromatic carbocycles. The second-order valence-electron chi connectivity index (χ2n) is 10.8. The lowest BCUT2D eigenvalue weighted by atomic mass is 10.1. The number of piperidine rings is 1. The van der Waals surface area contributed by atoms with Crippen molar-refractivity contribution in [2.75, 3.05) is 49.5 Å². The van der Waals surface area contributed by atoms with E-state index in [0.29, 0.717) is 57.1 Å². The van der Waals surface area contributed by atoms with Crippen molar-refractivity contribution >= 4 is 34.3 Å². The quantitative estimate of drug-likeness (QED) is 0.280. The Balaban J connectivity index is 1.15. The number of aromatic amines is 1. The van der Waals surface area contributed by atoms with E-state index in [4.69, 9.17) is 9.97 Å². The third-order valence-electron chi connectivity index (χ3n) is 8.02. The van der Waals surface area contributed by atoms with Crippen LogP contribution in [0.4, 0.5) is 20.8 Å². The summed E-state index contributed by atoms with van der Waals surface area (Å²) in [4.78, 5) is 34.6. The minimum Gasteiger partial charge on any atom is -0.465 e. The Morgan fingerprint density at radius 3 is 2.71 bits per heavy atom. The van der Waals surface area contributed by atoms with Crippen LogP contribution in [0.25, 0.3) is 27.9 Å². The molecule has 5 aromatic rings. The van der Waals surface area contributed by atoms with Crippen molar-refractivity contribution in [3.05, 3.63) is 66.5 Å². The van der Waals surface area contributed by atoms with Gasteiger partial charge in [0, 0.05) is 51.5 Å². The van der Waals surface area contributed by atoms with E-state index < -0.39 is 11.9 Å². The molecule has 2 fully saturated rings. The van der Waals surface area contributed by atoms with Crippen LogP contribution >= 0.6 is 0 Å². The van der Waals surface area contributed by atoms with E-state index in [0.717, 1.165) is 28.8 Å². The van der Waals surface area contributed by atoms with Crippen LogP contribution in [-0.2, 0) is 6.54 Å². The van der Waals surface area contributed by atoms with Crippen LogP contribution in [0.5, 0.6) is 0 Å². The van der Waals surface area contributed by atoms with E-state index >= 15 is 4.39 Å². The predicted octanol–water partition coefficient (Wildman–Crippen LogP) is 3.68. The number of piperazine rings is 1. The number of imidazole rings is 1. The lowest BCUT2D eigenvalue weighted by molar-refractivity contribution is 0.132. The van der Waals surface area contributed by atoms with Crippen LogP contribution in [0.3, 0.4) is 0 Å². The monoisotopic (exact) mass is 570 g/mol. The SMILES string of the molecule is O=C(O)N1CCC[C@@H](Nc2nc(-c3cnn4ccccc34)nc(N3CCN(Cc4nc5ccccc5[nH]4)CC3)c2F)C1. The lowest BCUT2D eigenvalue weighted by Gasteiger charge is -2.35. The van der Waals surface area contributed by atoms with Crippen LogP contribution in [-0.4, -0.2) is 95.9 Å². The molecule has 0 bridgehead atoms. The fourth-order valence-electron chi connectivity index (χ4n) is 5.84. The molecule has 0 spiro atoms. The number of hydrogen-bond acceptors (Lipinski definition) is 8. The van der Waals surface area contributed by atoms with E-state index in [1.54, 1.807) is 10.7 Å². The summed E-state index contributed by atoms with van der Waals surface area (Å²) < 4.78 is 17.9. The Hall–Kier alpha value is -4.78. The molecule has 3 N–H and O–H groups in total. The number of carboxylic acid groups (broad SMARTS) is 1. The van der Waals surface area contributed by atoms with Crippen molar-refractivity contribution in [3.63, 3.8) is 0 Å². The number of halogens is 1. The Bertz CT molecular complexity index is 1710. The first-order chi connectivity index (χ1) is 20.5. The molecule has 4 aromatic heterocycles. The zero-order valence-electron chi connectivity index (χ0n) is 22.9. The molecule has 1 amide bonds. The normalized spacial score (nSPS) is 18.2. The van der Waals surface area contributed by atoms with Crippen molar-refractivity contribution in [3.8, 4) is 11.4 Å². The highest BCUT2D eigenvalue weighted by molar-refractivity contribution is 5.77. The van der Waals surface area contributed by atoms with Gasteiger partial charge in [0.1, 0.15) is 5.82 Å². The molecule has 216 valence electrons. The number of nitrogens with one attached hydrogen (secondary N) is 2. The number of carbonyl (C=O) groups is 1. The number of benzene rings is 1. The summed E-state index contributed by atoms with van der Waals surface area (Å²) in [5.74, 6) is 1.04. The first-order valence-electron chi connectivity index (χ1n) is 14.2. The maximum atomic E-state index is 16.2. The number of para-hydroxylation sites is 2. The van der Waals surface area contributed by atoms with Crippen molar-refractivity contribution in [1.29, 1.82) is 0 Å². The molecule has 2 saturated heterocycles. The minimum absolute atomic E-state index is 0.0761. The molecular weight excluding hydrogens is 539 g/mol. The van der Waals surface area contributed by atoms with E-state index in [2.05, 4.69) is 25.3 Å². The van der Waals surface area contributed by atoms with Crippen LogP contribution in [0.1, 0.15) is 18.7 Å². The molecule has 1 atom stereocenters. The molecule has 42 heavy (non-hydrogen) atoms. The summed E-state index contributed by atoms with van der Waals surface area (Å²) in [5, 5.41) is 17.1. The number of likely N-dealkylation sites (tertiary alicyclic amines) is 1. The second kappa shape index (κ2) is 10.9. The molecule has 6 heterocycles. The fraction of sp³-hybridized carbons (Fsp3) is 0.345. The number of anilines is 2. The van der Waals surface area contributed by atoms with E-state index in [-0.39, 0.29) is 24.2 Å². The van der Waals surface area contributed by atoms with Crippen LogP contribution in [0.15, 0.2) is 54.9 Å².